The lowest BCUT2D eigenvalue weighted by atomic mass is 10.0. The average molecular weight is 996 g/mol. The van der Waals surface area contributed by atoms with Gasteiger partial charge in [-0.15, -0.1) is 0 Å². The minimum Gasteiger partial charge on any atom is -0.462 e. The first-order valence-corrected chi connectivity index (χ1v) is 31.1. The van der Waals surface area contributed by atoms with E-state index in [-0.39, 0.29) is 31.1 Å². The van der Waals surface area contributed by atoms with Gasteiger partial charge in [0.25, 0.3) is 0 Å². The number of rotatable bonds is 57. The lowest BCUT2D eigenvalue weighted by Gasteiger charge is -2.18. The van der Waals surface area contributed by atoms with Crippen molar-refractivity contribution < 1.29 is 28.6 Å². The maximum Gasteiger partial charge on any atom is 0.306 e. The van der Waals surface area contributed by atoms with Crippen LogP contribution in [0, 0.1) is 0 Å². The van der Waals surface area contributed by atoms with Gasteiger partial charge in [0.2, 0.25) is 0 Å². The Bertz CT molecular complexity index is 1230. The highest BCUT2D eigenvalue weighted by molar-refractivity contribution is 5.71. The van der Waals surface area contributed by atoms with Crippen LogP contribution in [0.3, 0.4) is 0 Å². The van der Waals surface area contributed by atoms with Crippen molar-refractivity contribution in [1.29, 1.82) is 0 Å². The molecule has 6 nitrogen and oxygen atoms in total. The quantitative estimate of drug-likeness (QED) is 0.0261. The molecule has 0 bridgehead atoms. The largest absolute Gasteiger partial charge is 0.462 e. The van der Waals surface area contributed by atoms with Gasteiger partial charge in [-0.05, 0) is 83.5 Å². The molecule has 0 N–H and O–H groups in total. The van der Waals surface area contributed by atoms with Crippen molar-refractivity contribution in [3.05, 3.63) is 48.6 Å². The maximum atomic E-state index is 12.9. The normalized spacial score (nSPS) is 12.3. The second kappa shape index (κ2) is 59.9. The summed E-state index contributed by atoms with van der Waals surface area (Å²) in [5.41, 5.74) is 0. The molecule has 0 aliphatic carbocycles. The molecule has 0 amide bonds. The Morgan fingerprint density at radius 1 is 0.282 bits per heavy atom. The van der Waals surface area contributed by atoms with Gasteiger partial charge in [0, 0.05) is 19.3 Å². The van der Waals surface area contributed by atoms with E-state index in [1.165, 1.54) is 212 Å². The Morgan fingerprint density at radius 2 is 0.507 bits per heavy atom. The lowest BCUT2D eigenvalue weighted by Crippen LogP contribution is -2.30. The van der Waals surface area contributed by atoms with Gasteiger partial charge in [-0.3, -0.25) is 14.4 Å². The summed E-state index contributed by atoms with van der Waals surface area (Å²) in [5.74, 6) is -0.874. The highest BCUT2D eigenvalue weighted by atomic mass is 16.6. The molecule has 0 aromatic rings. The van der Waals surface area contributed by atoms with Crippen molar-refractivity contribution in [3.8, 4) is 0 Å². The molecule has 0 spiro atoms. The number of unbranched alkanes of at least 4 members (excludes halogenated alkanes) is 38. The molecular formula is C65H118O6. The van der Waals surface area contributed by atoms with Gasteiger partial charge < -0.3 is 14.2 Å². The fraction of sp³-hybridized carbons (Fsp3) is 0.831. The summed E-state index contributed by atoms with van der Waals surface area (Å²) in [4.78, 5) is 38.3. The Kier molecular flexibility index (Phi) is 57.7. The number of ether oxygens (including phenoxy) is 3. The Labute approximate surface area is 441 Å². The zero-order valence-corrected chi connectivity index (χ0v) is 47.5. The fourth-order valence-electron chi connectivity index (χ4n) is 9.09. The van der Waals surface area contributed by atoms with Gasteiger partial charge in [-0.2, -0.15) is 0 Å². The molecule has 0 aromatic heterocycles. The van der Waals surface area contributed by atoms with E-state index < -0.39 is 6.10 Å². The van der Waals surface area contributed by atoms with E-state index in [1.54, 1.807) is 0 Å². The van der Waals surface area contributed by atoms with Gasteiger partial charge in [0.15, 0.2) is 6.10 Å². The third kappa shape index (κ3) is 58.1. The number of allylic oxidation sites excluding steroid dienone is 8. The van der Waals surface area contributed by atoms with Crippen LogP contribution in [-0.2, 0) is 28.6 Å². The molecule has 1 atom stereocenters. The summed E-state index contributed by atoms with van der Waals surface area (Å²) in [7, 11) is 0. The Morgan fingerprint density at radius 3 is 0.831 bits per heavy atom. The van der Waals surface area contributed by atoms with Crippen molar-refractivity contribution >= 4 is 17.9 Å². The van der Waals surface area contributed by atoms with Crippen LogP contribution in [0.25, 0.3) is 0 Å². The first-order chi connectivity index (χ1) is 35.0. The van der Waals surface area contributed by atoms with Crippen LogP contribution >= 0.6 is 0 Å². The zero-order chi connectivity index (χ0) is 51.4. The Balaban J connectivity index is 4.37. The van der Waals surface area contributed by atoms with Crippen LogP contribution < -0.4 is 0 Å². The topological polar surface area (TPSA) is 78.9 Å². The molecule has 0 heterocycles. The summed E-state index contributed by atoms with van der Waals surface area (Å²) in [6, 6.07) is 0. The highest BCUT2D eigenvalue weighted by Crippen LogP contribution is 2.17. The minimum atomic E-state index is -0.779. The van der Waals surface area contributed by atoms with E-state index >= 15 is 0 Å². The number of hydrogen-bond acceptors (Lipinski definition) is 6. The SMILES string of the molecule is CCCCC/C=C\C/C=C\C/C=C\CCCCCCCCC(=O)OC[C@@H](COC(=O)CCCCCCCCCCCCCCCCC)OC(=O)CCCCCCCCC/C=C\CCCCCCCCCC. The van der Waals surface area contributed by atoms with Crippen LogP contribution in [0.15, 0.2) is 48.6 Å². The van der Waals surface area contributed by atoms with E-state index in [4.69, 9.17) is 14.2 Å². The van der Waals surface area contributed by atoms with Crippen molar-refractivity contribution in [1.82, 2.24) is 0 Å². The summed E-state index contributed by atoms with van der Waals surface area (Å²) >= 11 is 0. The summed E-state index contributed by atoms with van der Waals surface area (Å²) < 4.78 is 16.9. The molecule has 0 unspecified atom stereocenters. The van der Waals surface area contributed by atoms with Crippen LogP contribution in [0.1, 0.15) is 329 Å². The van der Waals surface area contributed by atoms with E-state index in [0.29, 0.717) is 19.3 Å². The minimum absolute atomic E-state index is 0.0757. The monoisotopic (exact) mass is 995 g/mol. The molecule has 6 heteroatoms. The Hall–Kier alpha value is -2.63. The van der Waals surface area contributed by atoms with Crippen LogP contribution in [0.5, 0.6) is 0 Å². The first-order valence-electron chi connectivity index (χ1n) is 31.1. The molecule has 0 aromatic carbocycles. The van der Waals surface area contributed by atoms with Crippen molar-refractivity contribution in [2.24, 2.45) is 0 Å². The highest BCUT2D eigenvalue weighted by Gasteiger charge is 2.19. The van der Waals surface area contributed by atoms with Gasteiger partial charge in [-0.25, -0.2) is 0 Å². The molecule has 71 heavy (non-hydrogen) atoms. The van der Waals surface area contributed by atoms with Crippen molar-refractivity contribution in [2.75, 3.05) is 13.2 Å². The second-order valence-corrected chi connectivity index (χ2v) is 21.0. The van der Waals surface area contributed by atoms with E-state index in [2.05, 4.69) is 69.4 Å². The molecule has 0 aliphatic rings. The number of carbonyl (C=O) groups excluding carboxylic acids is 3. The molecule has 0 saturated carbocycles. The zero-order valence-electron chi connectivity index (χ0n) is 47.5. The van der Waals surface area contributed by atoms with Crippen LogP contribution in [0.2, 0.25) is 0 Å². The smallest absolute Gasteiger partial charge is 0.306 e. The predicted molar refractivity (Wildman–Crippen MR) is 307 cm³/mol. The molecule has 0 aliphatic heterocycles. The molecule has 0 saturated heterocycles. The maximum absolute atomic E-state index is 12.9. The second-order valence-electron chi connectivity index (χ2n) is 21.0. The number of carbonyl (C=O) groups is 3. The van der Waals surface area contributed by atoms with Crippen LogP contribution in [-0.4, -0.2) is 37.2 Å². The standard InChI is InChI=1S/C65H118O6/c1-4-7-10-13-16-19-22-25-28-30-32-34-37-40-43-46-49-52-55-58-64(67)70-61-62(60-69-63(66)57-54-51-48-45-42-39-36-27-24-21-18-15-12-9-6-3)71-65(68)59-56-53-50-47-44-41-38-35-33-31-29-26-23-20-17-14-11-8-5-2/h16,19,25,28,31-34,62H,4-15,17-18,20-24,26-27,29-30,35-61H2,1-3H3/b19-16-,28-25-,33-31-,34-32-/t62-/m1/s1. The van der Waals surface area contributed by atoms with E-state index in [1.807, 2.05) is 0 Å². The molecule has 0 fully saturated rings. The van der Waals surface area contributed by atoms with Crippen LogP contribution in [0.4, 0.5) is 0 Å². The lowest BCUT2D eigenvalue weighted by molar-refractivity contribution is -0.167. The molecular weight excluding hydrogens is 877 g/mol. The number of esters is 3. The predicted octanol–water partition coefficient (Wildman–Crippen LogP) is 21.0. The van der Waals surface area contributed by atoms with Gasteiger partial charge in [-0.1, -0.05) is 275 Å². The summed E-state index contributed by atoms with van der Waals surface area (Å²) in [6.07, 6.45) is 73.9. The van der Waals surface area contributed by atoms with Crippen molar-refractivity contribution in [3.63, 3.8) is 0 Å². The van der Waals surface area contributed by atoms with Crippen molar-refractivity contribution in [2.45, 2.75) is 335 Å². The number of hydrogen-bond donors (Lipinski definition) is 0. The summed E-state index contributed by atoms with van der Waals surface area (Å²) in [6.45, 7) is 6.65. The average Bonchev–Trinajstić information content (AvgIpc) is 3.37. The third-order valence-electron chi connectivity index (χ3n) is 13.8. The molecule has 0 rings (SSSR count). The molecule has 414 valence electrons. The van der Waals surface area contributed by atoms with E-state index in [9.17, 15) is 14.4 Å². The molecule has 0 radical (unpaired) electrons. The van der Waals surface area contributed by atoms with E-state index in [0.717, 1.165) is 77.0 Å². The van der Waals surface area contributed by atoms with Gasteiger partial charge in [0.05, 0.1) is 0 Å². The third-order valence-corrected chi connectivity index (χ3v) is 13.8. The summed E-state index contributed by atoms with van der Waals surface area (Å²) in [5, 5.41) is 0. The van der Waals surface area contributed by atoms with Gasteiger partial charge in [0.1, 0.15) is 13.2 Å². The first kappa shape index (κ1) is 68.4. The van der Waals surface area contributed by atoms with Gasteiger partial charge >= 0.3 is 17.9 Å². The fourth-order valence-corrected chi connectivity index (χ4v) is 9.09.